The summed E-state index contributed by atoms with van der Waals surface area (Å²) in [5.74, 6) is 0.277. The summed E-state index contributed by atoms with van der Waals surface area (Å²) in [6.45, 7) is 1.25. The first-order valence-electron chi connectivity index (χ1n) is 10.5. The average molecular weight is 421 g/mol. The van der Waals surface area contributed by atoms with E-state index in [0.717, 1.165) is 12.8 Å². The van der Waals surface area contributed by atoms with Crippen LogP contribution in [0, 0.1) is 5.92 Å². The lowest BCUT2D eigenvalue weighted by Crippen LogP contribution is -2.28. The number of fused-ring (bicyclic) bond motifs is 1. The third kappa shape index (κ3) is 4.19. The van der Waals surface area contributed by atoms with Gasteiger partial charge in [0.15, 0.2) is 11.5 Å². The fourth-order valence-corrected chi connectivity index (χ4v) is 3.81. The highest BCUT2D eigenvalue weighted by molar-refractivity contribution is 6.04. The first-order chi connectivity index (χ1) is 15.1. The Morgan fingerprint density at radius 3 is 2.61 bits per heavy atom. The number of amides is 3. The summed E-state index contributed by atoms with van der Waals surface area (Å²) in [7, 11) is 0. The molecule has 3 amide bonds. The largest absolute Gasteiger partial charge is 0.486 e. The summed E-state index contributed by atoms with van der Waals surface area (Å²) in [5.41, 5.74) is 1.73. The molecular formula is C23H23N3O5. The minimum Gasteiger partial charge on any atom is -0.486 e. The maximum Gasteiger partial charge on any atom is 0.251 e. The molecule has 31 heavy (non-hydrogen) atoms. The van der Waals surface area contributed by atoms with Crippen molar-refractivity contribution in [2.75, 3.05) is 30.0 Å². The number of nitrogens with one attached hydrogen (secondary N) is 2. The van der Waals surface area contributed by atoms with Crippen LogP contribution in [-0.4, -0.2) is 43.5 Å². The third-order valence-electron chi connectivity index (χ3n) is 5.64. The summed E-state index contributed by atoms with van der Waals surface area (Å²) < 4.78 is 11.1. The van der Waals surface area contributed by atoms with Gasteiger partial charge in [-0.1, -0.05) is 6.07 Å². The van der Waals surface area contributed by atoms with Gasteiger partial charge in [0.1, 0.15) is 13.2 Å². The van der Waals surface area contributed by atoms with Gasteiger partial charge in [0.2, 0.25) is 11.8 Å². The second-order valence-electron chi connectivity index (χ2n) is 8.05. The van der Waals surface area contributed by atoms with Gasteiger partial charge in [-0.05, 0) is 43.2 Å². The molecule has 1 saturated heterocycles. The molecule has 0 spiro atoms. The Hall–Kier alpha value is -3.55. The fraction of sp³-hybridized carbons (Fsp3) is 0.348. The average Bonchev–Trinajstić information content (AvgIpc) is 3.51. The number of nitrogens with zero attached hydrogens (tertiary/aromatic N) is 1. The van der Waals surface area contributed by atoms with Gasteiger partial charge in [0.05, 0.1) is 5.92 Å². The molecule has 3 aliphatic rings. The van der Waals surface area contributed by atoms with Crippen LogP contribution in [0.5, 0.6) is 11.5 Å². The third-order valence-corrected chi connectivity index (χ3v) is 5.64. The normalized spacial score (nSPS) is 19.8. The van der Waals surface area contributed by atoms with Gasteiger partial charge in [0.25, 0.3) is 5.91 Å². The monoisotopic (exact) mass is 421 g/mol. The molecule has 1 atom stereocenters. The van der Waals surface area contributed by atoms with Gasteiger partial charge in [-0.3, -0.25) is 14.4 Å². The number of rotatable bonds is 5. The van der Waals surface area contributed by atoms with Crippen molar-refractivity contribution in [1.29, 1.82) is 0 Å². The van der Waals surface area contributed by atoms with Crippen LogP contribution in [0.3, 0.4) is 0 Å². The van der Waals surface area contributed by atoms with E-state index < -0.39 is 5.92 Å². The van der Waals surface area contributed by atoms with E-state index in [1.165, 1.54) is 0 Å². The molecular weight excluding hydrogens is 398 g/mol. The second kappa shape index (κ2) is 7.94. The van der Waals surface area contributed by atoms with Crippen LogP contribution in [0.1, 0.15) is 29.6 Å². The zero-order valence-corrected chi connectivity index (χ0v) is 16.9. The smallest absolute Gasteiger partial charge is 0.251 e. The zero-order chi connectivity index (χ0) is 21.4. The highest BCUT2D eigenvalue weighted by Crippen LogP contribution is 2.36. The van der Waals surface area contributed by atoms with E-state index in [4.69, 9.17) is 9.47 Å². The fourth-order valence-electron chi connectivity index (χ4n) is 3.81. The van der Waals surface area contributed by atoms with Crippen LogP contribution in [0.15, 0.2) is 42.5 Å². The molecule has 2 N–H and O–H groups in total. The number of benzene rings is 2. The number of hydrogen-bond acceptors (Lipinski definition) is 5. The molecule has 2 aromatic carbocycles. The molecule has 0 bridgehead atoms. The molecule has 2 aromatic rings. The van der Waals surface area contributed by atoms with E-state index in [-0.39, 0.29) is 36.7 Å². The maximum absolute atomic E-state index is 12.8. The van der Waals surface area contributed by atoms with Crippen LogP contribution in [0.2, 0.25) is 0 Å². The molecule has 2 fully saturated rings. The van der Waals surface area contributed by atoms with E-state index in [1.807, 2.05) is 0 Å². The molecule has 8 nitrogen and oxygen atoms in total. The predicted molar refractivity (Wildman–Crippen MR) is 113 cm³/mol. The quantitative estimate of drug-likeness (QED) is 0.773. The summed E-state index contributed by atoms with van der Waals surface area (Å²) >= 11 is 0. The molecule has 1 saturated carbocycles. The molecule has 0 unspecified atom stereocenters. The first kappa shape index (κ1) is 19.4. The summed E-state index contributed by atoms with van der Waals surface area (Å²) in [6, 6.07) is 12.5. The van der Waals surface area contributed by atoms with E-state index in [9.17, 15) is 14.4 Å². The molecule has 1 aliphatic carbocycles. The molecule has 2 aliphatic heterocycles. The minimum absolute atomic E-state index is 0.116. The second-order valence-corrected chi connectivity index (χ2v) is 8.05. The molecule has 0 radical (unpaired) electrons. The summed E-state index contributed by atoms with van der Waals surface area (Å²) in [4.78, 5) is 39.2. The number of ether oxygens (including phenoxy) is 2. The van der Waals surface area contributed by atoms with Crippen LogP contribution >= 0.6 is 0 Å². The number of hydrogen-bond donors (Lipinski definition) is 2. The lowest BCUT2D eigenvalue weighted by atomic mass is 10.1. The van der Waals surface area contributed by atoms with Gasteiger partial charge in [0, 0.05) is 42.0 Å². The van der Waals surface area contributed by atoms with E-state index >= 15 is 0 Å². The maximum atomic E-state index is 12.8. The van der Waals surface area contributed by atoms with Crippen molar-refractivity contribution in [3.05, 3.63) is 48.0 Å². The number of carbonyl (C=O) groups excluding carboxylic acids is 3. The Morgan fingerprint density at radius 1 is 1.00 bits per heavy atom. The zero-order valence-electron chi connectivity index (χ0n) is 16.9. The Kier molecular flexibility index (Phi) is 4.97. The predicted octanol–water partition coefficient (Wildman–Crippen LogP) is 2.34. The van der Waals surface area contributed by atoms with Crippen molar-refractivity contribution in [3.63, 3.8) is 0 Å². The Labute approximate surface area is 179 Å². The van der Waals surface area contributed by atoms with Gasteiger partial charge in [-0.25, -0.2) is 0 Å². The van der Waals surface area contributed by atoms with Crippen LogP contribution in [-0.2, 0) is 9.59 Å². The molecule has 2 heterocycles. The van der Waals surface area contributed by atoms with Crippen molar-refractivity contribution in [2.24, 2.45) is 5.92 Å². The number of carbonyl (C=O) groups is 3. The standard InChI is InChI=1S/C23H23N3O5/c27-21-11-15(13-26(21)18-6-7-19-20(12-18)31-9-8-30-19)23(29)25-17-3-1-2-14(10-17)22(28)24-16-4-5-16/h1-3,6-7,10,12,15-16H,4-5,8-9,11,13H2,(H,24,28)(H,25,29)/t15-/m0/s1. The summed E-state index contributed by atoms with van der Waals surface area (Å²) in [5, 5.41) is 5.78. The van der Waals surface area contributed by atoms with Crippen molar-refractivity contribution >= 4 is 29.1 Å². The molecule has 0 aromatic heterocycles. The topological polar surface area (TPSA) is 97.0 Å². The Morgan fingerprint density at radius 2 is 1.81 bits per heavy atom. The van der Waals surface area contributed by atoms with E-state index in [2.05, 4.69) is 10.6 Å². The Balaban J connectivity index is 1.25. The van der Waals surface area contributed by atoms with Gasteiger partial charge in [-0.2, -0.15) is 0 Å². The lowest BCUT2D eigenvalue weighted by molar-refractivity contribution is -0.122. The summed E-state index contributed by atoms with van der Waals surface area (Å²) in [6.07, 6.45) is 2.15. The van der Waals surface area contributed by atoms with Crippen molar-refractivity contribution in [1.82, 2.24) is 5.32 Å². The molecule has 8 heteroatoms. The highest BCUT2D eigenvalue weighted by atomic mass is 16.6. The molecule has 160 valence electrons. The SMILES string of the molecule is O=C(NC1CC1)c1cccc(NC(=O)[C@H]2CC(=O)N(c3ccc4c(c3)OCCO4)C2)c1. The van der Waals surface area contributed by atoms with Gasteiger partial charge < -0.3 is 25.0 Å². The van der Waals surface area contributed by atoms with E-state index in [0.29, 0.717) is 41.7 Å². The Bertz CT molecular complexity index is 1050. The van der Waals surface area contributed by atoms with Crippen LogP contribution in [0.4, 0.5) is 11.4 Å². The van der Waals surface area contributed by atoms with Crippen molar-refractivity contribution in [3.8, 4) is 11.5 Å². The minimum atomic E-state index is -0.482. The lowest BCUT2D eigenvalue weighted by Gasteiger charge is -2.22. The number of anilines is 2. The first-order valence-corrected chi connectivity index (χ1v) is 10.5. The van der Waals surface area contributed by atoms with Gasteiger partial charge in [-0.15, -0.1) is 0 Å². The van der Waals surface area contributed by atoms with Gasteiger partial charge >= 0.3 is 0 Å². The van der Waals surface area contributed by atoms with E-state index in [1.54, 1.807) is 47.4 Å². The van der Waals surface area contributed by atoms with Crippen LogP contribution < -0.4 is 25.0 Å². The molecule has 5 rings (SSSR count). The highest BCUT2D eigenvalue weighted by Gasteiger charge is 2.35. The van der Waals surface area contributed by atoms with Crippen molar-refractivity contribution in [2.45, 2.75) is 25.3 Å². The van der Waals surface area contributed by atoms with Crippen LogP contribution in [0.25, 0.3) is 0 Å². The van der Waals surface area contributed by atoms with Crippen molar-refractivity contribution < 1.29 is 23.9 Å².